The molecule has 0 amide bonds. The maximum absolute atomic E-state index is 6.76. The van der Waals surface area contributed by atoms with Crippen LogP contribution < -0.4 is 5.73 Å². The van der Waals surface area contributed by atoms with Crippen molar-refractivity contribution in [1.82, 2.24) is 0 Å². The topological polar surface area (TPSA) is 26.0 Å². The molecule has 1 rings (SSSR count). The van der Waals surface area contributed by atoms with Crippen LogP contribution >= 0.6 is 12.4 Å². The quantitative estimate of drug-likeness (QED) is 0.335. The van der Waals surface area contributed by atoms with Crippen molar-refractivity contribution in [3.05, 3.63) is 0 Å². The summed E-state index contributed by atoms with van der Waals surface area (Å²) in [5, 5.41) is 0. The Balaban J connectivity index is 0.00000529. The first-order valence-electron chi connectivity index (χ1n) is 11.0. The summed E-state index contributed by atoms with van der Waals surface area (Å²) in [4.78, 5) is 0. The van der Waals surface area contributed by atoms with Crippen LogP contribution in [0.1, 0.15) is 124 Å². The van der Waals surface area contributed by atoms with Crippen molar-refractivity contribution in [3.63, 3.8) is 0 Å². The van der Waals surface area contributed by atoms with Gasteiger partial charge in [-0.05, 0) is 37.0 Å². The van der Waals surface area contributed by atoms with E-state index in [-0.39, 0.29) is 12.4 Å². The van der Waals surface area contributed by atoms with E-state index in [0.717, 1.165) is 5.92 Å². The molecular formula is C22H46ClN. The molecule has 0 saturated heterocycles. The SMILES string of the molecule is CCCCCCCCCCCC(N)C1(CC)CCCCC1CC.Cl. The van der Waals surface area contributed by atoms with Crippen LogP contribution in [-0.4, -0.2) is 6.04 Å². The van der Waals surface area contributed by atoms with Crippen LogP contribution in [0.15, 0.2) is 0 Å². The molecule has 1 fully saturated rings. The van der Waals surface area contributed by atoms with Crippen molar-refractivity contribution < 1.29 is 0 Å². The molecule has 3 unspecified atom stereocenters. The molecule has 1 nitrogen and oxygen atoms in total. The van der Waals surface area contributed by atoms with Gasteiger partial charge in [0.15, 0.2) is 0 Å². The number of halogens is 1. The summed E-state index contributed by atoms with van der Waals surface area (Å²) < 4.78 is 0. The Hall–Kier alpha value is 0.250. The highest BCUT2D eigenvalue weighted by molar-refractivity contribution is 5.85. The summed E-state index contributed by atoms with van der Waals surface area (Å²) in [5.41, 5.74) is 7.22. The first-order chi connectivity index (χ1) is 11.2. The van der Waals surface area contributed by atoms with Gasteiger partial charge in [0.1, 0.15) is 0 Å². The lowest BCUT2D eigenvalue weighted by Crippen LogP contribution is -2.48. The van der Waals surface area contributed by atoms with Crippen molar-refractivity contribution in [2.45, 2.75) is 130 Å². The average molecular weight is 360 g/mol. The predicted molar refractivity (Wildman–Crippen MR) is 112 cm³/mol. The molecule has 1 aliphatic rings. The van der Waals surface area contributed by atoms with Gasteiger partial charge in [-0.25, -0.2) is 0 Å². The zero-order chi connectivity index (χ0) is 17.0. The number of rotatable bonds is 13. The molecule has 2 heteroatoms. The van der Waals surface area contributed by atoms with Gasteiger partial charge in [0.2, 0.25) is 0 Å². The lowest BCUT2D eigenvalue weighted by molar-refractivity contribution is 0.0494. The second kappa shape index (κ2) is 14.4. The second-order valence-electron chi connectivity index (χ2n) is 8.16. The Morgan fingerprint density at radius 1 is 0.875 bits per heavy atom. The fourth-order valence-electron chi connectivity index (χ4n) is 5.13. The third-order valence-electron chi connectivity index (χ3n) is 6.77. The second-order valence-corrected chi connectivity index (χ2v) is 8.16. The van der Waals surface area contributed by atoms with Crippen LogP contribution in [0.4, 0.5) is 0 Å². The minimum atomic E-state index is 0. The molecule has 2 N–H and O–H groups in total. The van der Waals surface area contributed by atoms with Gasteiger partial charge in [-0.15, -0.1) is 12.4 Å². The highest BCUT2D eigenvalue weighted by Gasteiger charge is 2.42. The summed E-state index contributed by atoms with van der Waals surface area (Å²) in [7, 11) is 0. The summed E-state index contributed by atoms with van der Waals surface area (Å²) in [6, 6.07) is 0.447. The van der Waals surface area contributed by atoms with Crippen molar-refractivity contribution in [1.29, 1.82) is 0 Å². The summed E-state index contributed by atoms with van der Waals surface area (Å²) in [6.45, 7) is 7.07. The molecule has 0 aromatic rings. The molecule has 0 spiro atoms. The lowest BCUT2D eigenvalue weighted by atomic mass is 9.59. The molecule has 3 atom stereocenters. The molecule has 0 aliphatic heterocycles. The van der Waals surface area contributed by atoms with E-state index in [0.29, 0.717) is 11.5 Å². The zero-order valence-corrected chi connectivity index (χ0v) is 17.8. The van der Waals surface area contributed by atoms with Gasteiger partial charge in [-0.2, -0.15) is 0 Å². The van der Waals surface area contributed by atoms with Crippen molar-refractivity contribution in [3.8, 4) is 0 Å². The molecule has 1 aliphatic carbocycles. The fraction of sp³-hybridized carbons (Fsp3) is 1.00. The molecule has 1 saturated carbocycles. The van der Waals surface area contributed by atoms with E-state index >= 15 is 0 Å². The van der Waals surface area contributed by atoms with E-state index in [1.807, 2.05) is 0 Å². The van der Waals surface area contributed by atoms with Crippen molar-refractivity contribution in [2.75, 3.05) is 0 Å². The van der Waals surface area contributed by atoms with Gasteiger partial charge in [-0.3, -0.25) is 0 Å². The van der Waals surface area contributed by atoms with Gasteiger partial charge < -0.3 is 5.73 Å². The van der Waals surface area contributed by atoms with Gasteiger partial charge in [0.25, 0.3) is 0 Å². The van der Waals surface area contributed by atoms with E-state index in [9.17, 15) is 0 Å². The molecule has 0 radical (unpaired) electrons. The smallest absolute Gasteiger partial charge is 0.00981 e. The van der Waals surface area contributed by atoms with Gasteiger partial charge in [-0.1, -0.05) is 97.8 Å². The Bertz CT molecular complexity index is 281. The lowest BCUT2D eigenvalue weighted by Gasteiger charge is -2.48. The molecular weight excluding hydrogens is 314 g/mol. The standard InChI is InChI=1S/C22H45N.ClH/c1-4-7-8-9-10-11-12-13-14-18-21(23)22(6-3)19-16-15-17-20(22)5-2;/h20-21H,4-19,23H2,1-3H3;1H. The molecule has 0 aromatic carbocycles. The van der Waals surface area contributed by atoms with Crippen molar-refractivity contribution in [2.24, 2.45) is 17.1 Å². The minimum absolute atomic E-state index is 0. The first kappa shape index (κ1) is 24.2. The summed E-state index contributed by atoms with van der Waals surface area (Å²) in [6.07, 6.45) is 22.3. The van der Waals surface area contributed by atoms with Crippen LogP contribution in [0, 0.1) is 11.3 Å². The van der Waals surface area contributed by atoms with Gasteiger partial charge in [0, 0.05) is 6.04 Å². The average Bonchev–Trinajstić information content (AvgIpc) is 2.59. The van der Waals surface area contributed by atoms with Crippen LogP contribution in [0.5, 0.6) is 0 Å². The highest BCUT2D eigenvalue weighted by Crippen LogP contribution is 2.48. The number of nitrogens with two attached hydrogens (primary N) is 1. The van der Waals surface area contributed by atoms with Crippen LogP contribution in [0.25, 0.3) is 0 Å². The third kappa shape index (κ3) is 7.65. The maximum atomic E-state index is 6.76. The first-order valence-corrected chi connectivity index (χ1v) is 11.0. The molecule has 0 heterocycles. The molecule has 0 bridgehead atoms. The van der Waals surface area contributed by atoms with Crippen LogP contribution in [-0.2, 0) is 0 Å². The normalized spacial score (nSPS) is 25.2. The Morgan fingerprint density at radius 2 is 1.46 bits per heavy atom. The van der Waals surface area contributed by atoms with Crippen LogP contribution in [0.2, 0.25) is 0 Å². The van der Waals surface area contributed by atoms with E-state index in [2.05, 4.69) is 20.8 Å². The van der Waals surface area contributed by atoms with Gasteiger partial charge >= 0.3 is 0 Å². The number of hydrogen-bond donors (Lipinski definition) is 1. The fourth-order valence-corrected chi connectivity index (χ4v) is 5.13. The largest absolute Gasteiger partial charge is 0.327 e. The maximum Gasteiger partial charge on any atom is 0.00981 e. The Kier molecular flexibility index (Phi) is 14.6. The van der Waals surface area contributed by atoms with Crippen molar-refractivity contribution >= 4 is 12.4 Å². The predicted octanol–water partition coefficient (Wildman–Crippen LogP) is 7.65. The number of unbranched alkanes of at least 4 members (excludes halogenated alkanes) is 8. The molecule has 0 aromatic heterocycles. The van der Waals surface area contributed by atoms with Gasteiger partial charge in [0.05, 0.1) is 0 Å². The monoisotopic (exact) mass is 359 g/mol. The Labute approximate surface area is 159 Å². The third-order valence-corrected chi connectivity index (χ3v) is 6.77. The zero-order valence-electron chi connectivity index (χ0n) is 17.0. The molecule has 146 valence electrons. The Morgan fingerprint density at radius 3 is 2.00 bits per heavy atom. The molecule has 24 heavy (non-hydrogen) atoms. The van der Waals surface area contributed by atoms with E-state index in [1.54, 1.807) is 0 Å². The van der Waals surface area contributed by atoms with E-state index < -0.39 is 0 Å². The van der Waals surface area contributed by atoms with E-state index in [1.165, 1.54) is 103 Å². The summed E-state index contributed by atoms with van der Waals surface area (Å²) >= 11 is 0. The van der Waals surface area contributed by atoms with E-state index in [4.69, 9.17) is 5.73 Å². The number of hydrogen-bond acceptors (Lipinski definition) is 1. The minimum Gasteiger partial charge on any atom is -0.327 e. The highest BCUT2D eigenvalue weighted by atomic mass is 35.5. The summed E-state index contributed by atoms with van der Waals surface area (Å²) in [5.74, 6) is 0.884. The van der Waals surface area contributed by atoms with Crippen LogP contribution in [0.3, 0.4) is 0 Å².